The molecule has 0 aromatic heterocycles. The molecular weight excluding hydrogens is 393 g/mol. The molecule has 3 rings (SSSR count). The Morgan fingerprint density at radius 3 is 2.13 bits per heavy atom. The van der Waals surface area contributed by atoms with Crippen molar-refractivity contribution in [2.75, 3.05) is 6.61 Å². The molecule has 2 aromatic carbocycles. The summed E-state index contributed by atoms with van der Waals surface area (Å²) in [4.78, 5) is 12.1. The summed E-state index contributed by atoms with van der Waals surface area (Å²) < 4.78 is 50.3. The van der Waals surface area contributed by atoms with E-state index in [1.807, 2.05) is 0 Å². The number of rotatable bonds is 8. The van der Waals surface area contributed by atoms with Crippen LogP contribution in [0.15, 0.2) is 36.4 Å². The SMILES string of the molecule is CCCCC1CCC(COc2ccc(C(=O)Oc3cc(F)c(F)c(F)c3)cc2)CC1. The van der Waals surface area contributed by atoms with Crippen molar-refractivity contribution >= 4 is 5.97 Å². The molecule has 0 radical (unpaired) electrons. The molecule has 1 saturated carbocycles. The molecule has 1 aliphatic carbocycles. The molecule has 0 atom stereocenters. The van der Waals surface area contributed by atoms with Crippen LogP contribution < -0.4 is 9.47 Å². The van der Waals surface area contributed by atoms with Crippen LogP contribution in [0.4, 0.5) is 13.2 Å². The first kappa shape index (κ1) is 22.2. The number of carbonyl (C=O) groups excluding carboxylic acids is 1. The van der Waals surface area contributed by atoms with Crippen molar-refractivity contribution in [1.29, 1.82) is 0 Å². The predicted octanol–water partition coefficient (Wildman–Crippen LogP) is 6.70. The zero-order valence-corrected chi connectivity index (χ0v) is 17.1. The Balaban J connectivity index is 1.47. The average molecular weight is 420 g/mol. The summed E-state index contributed by atoms with van der Waals surface area (Å²) in [5.41, 5.74) is 0.198. The van der Waals surface area contributed by atoms with E-state index < -0.39 is 29.2 Å². The van der Waals surface area contributed by atoms with Gasteiger partial charge in [-0.1, -0.05) is 39.0 Å². The van der Waals surface area contributed by atoms with Gasteiger partial charge in [-0.15, -0.1) is 0 Å². The Morgan fingerprint density at radius 2 is 1.53 bits per heavy atom. The number of hydrogen-bond acceptors (Lipinski definition) is 3. The molecular formula is C24H27F3O3. The van der Waals surface area contributed by atoms with Crippen molar-refractivity contribution in [3.63, 3.8) is 0 Å². The van der Waals surface area contributed by atoms with Gasteiger partial charge in [-0.05, 0) is 48.9 Å². The Bertz CT molecular complexity index is 820. The van der Waals surface area contributed by atoms with Crippen LogP contribution in [0.1, 0.15) is 62.2 Å². The largest absolute Gasteiger partial charge is 0.493 e. The molecule has 0 amide bonds. The van der Waals surface area contributed by atoms with E-state index in [1.165, 1.54) is 57.1 Å². The molecule has 162 valence electrons. The number of unbranched alkanes of at least 4 members (excludes halogenated alkanes) is 1. The molecule has 6 heteroatoms. The molecule has 0 saturated heterocycles. The highest BCUT2D eigenvalue weighted by atomic mass is 19.2. The second kappa shape index (κ2) is 10.5. The predicted molar refractivity (Wildman–Crippen MR) is 108 cm³/mol. The van der Waals surface area contributed by atoms with Crippen molar-refractivity contribution in [3.05, 3.63) is 59.4 Å². The summed E-state index contributed by atoms with van der Waals surface area (Å²) in [5.74, 6) is -3.57. The van der Waals surface area contributed by atoms with Crippen LogP contribution in [-0.4, -0.2) is 12.6 Å². The maximum atomic E-state index is 13.2. The summed E-state index contributed by atoms with van der Waals surface area (Å²) in [6, 6.07) is 7.63. The average Bonchev–Trinajstić information content (AvgIpc) is 2.75. The van der Waals surface area contributed by atoms with E-state index in [1.54, 1.807) is 12.1 Å². The fourth-order valence-corrected chi connectivity index (χ4v) is 3.84. The van der Waals surface area contributed by atoms with E-state index in [9.17, 15) is 18.0 Å². The molecule has 1 aliphatic rings. The molecule has 0 unspecified atom stereocenters. The monoisotopic (exact) mass is 420 g/mol. The molecule has 30 heavy (non-hydrogen) atoms. The highest BCUT2D eigenvalue weighted by molar-refractivity contribution is 5.91. The fourth-order valence-electron chi connectivity index (χ4n) is 3.84. The normalized spacial score (nSPS) is 18.8. The molecule has 0 heterocycles. The van der Waals surface area contributed by atoms with E-state index in [4.69, 9.17) is 9.47 Å². The van der Waals surface area contributed by atoms with Crippen molar-refractivity contribution in [3.8, 4) is 11.5 Å². The number of carbonyl (C=O) groups is 1. The number of halogens is 3. The van der Waals surface area contributed by atoms with Gasteiger partial charge in [0.25, 0.3) is 0 Å². The smallest absolute Gasteiger partial charge is 0.343 e. The van der Waals surface area contributed by atoms with Gasteiger partial charge in [-0.25, -0.2) is 18.0 Å². The summed E-state index contributed by atoms with van der Waals surface area (Å²) in [6.07, 6.45) is 8.80. The molecule has 3 nitrogen and oxygen atoms in total. The summed E-state index contributed by atoms with van der Waals surface area (Å²) in [6.45, 7) is 2.88. The van der Waals surface area contributed by atoms with E-state index in [0.29, 0.717) is 30.4 Å². The van der Waals surface area contributed by atoms with Gasteiger partial charge in [0, 0.05) is 12.1 Å². The molecule has 1 fully saturated rings. The Kier molecular flexibility index (Phi) is 7.77. The van der Waals surface area contributed by atoms with Gasteiger partial charge in [0.05, 0.1) is 12.2 Å². The summed E-state index contributed by atoms with van der Waals surface area (Å²) in [7, 11) is 0. The number of ether oxygens (including phenoxy) is 2. The Morgan fingerprint density at radius 1 is 0.933 bits per heavy atom. The quantitative estimate of drug-likeness (QED) is 0.271. The van der Waals surface area contributed by atoms with Crippen molar-refractivity contribution in [2.45, 2.75) is 51.9 Å². The zero-order chi connectivity index (χ0) is 21.5. The first-order valence-corrected chi connectivity index (χ1v) is 10.6. The van der Waals surface area contributed by atoms with E-state index in [0.717, 1.165) is 5.92 Å². The minimum absolute atomic E-state index is 0.198. The van der Waals surface area contributed by atoms with Crippen LogP contribution in [0.2, 0.25) is 0 Å². The Hall–Kier alpha value is -2.50. The molecule has 0 spiro atoms. The van der Waals surface area contributed by atoms with Gasteiger partial charge in [-0.2, -0.15) is 0 Å². The topological polar surface area (TPSA) is 35.5 Å². The third-order valence-corrected chi connectivity index (χ3v) is 5.68. The lowest BCUT2D eigenvalue weighted by Gasteiger charge is -2.28. The lowest BCUT2D eigenvalue weighted by molar-refractivity contribution is 0.0733. The first-order chi connectivity index (χ1) is 14.5. The molecule has 2 aromatic rings. The third kappa shape index (κ3) is 6.00. The standard InChI is InChI=1S/C24H27F3O3/c1-2-3-4-16-5-7-17(8-6-16)15-29-19-11-9-18(10-12-19)24(28)30-20-13-21(25)23(27)22(26)14-20/h9-14,16-17H,2-8,15H2,1H3. The van der Waals surface area contributed by atoms with Crippen molar-refractivity contribution < 1.29 is 27.4 Å². The number of esters is 1. The van der Waals surface area contributed by atoms with Crippen LogP contribution in [-0.2, 0) is 0 Å². The summed E-state index contributed by atoms with van der Waals surface area (Å²) >= 11 is 0. The van der Waals surface area contributed by atoms with Crippen LogP contribution in [0.5, 0.6) is 11.5 Å². The minimum atomic E-state index is -1.61. The van der Waals surface area contributed by atoms with Crippen LogP contribution in [0.3, 0.4) is 0 Å². The minimum Gasteiger partial charge on any atom is -0.493 e. The van der Waals surface area contributed by atoms with E-state index in [-0.39, 0.29) is 5.56 Å². The van der Waals surface area contributed by atoms with Gasteiger partial charge in [0.1, 0.15) is 11.5 Å². The second-order valence-corrected chi connectivity index (χ2v) is 7.95. The van der Waals surface area contributed by atoms with Crippen molar-refractivity contribution in [2.24, 2.45) is 11.8 Å². The van der Waals surface area contributed by atoms with Gasteiger partial charge in [-0.3, -0.25) is 0 Å². The highest BCUT2D eigenvalue weighted by Gasteiger charge is 2.21. The van der Waals surface area contributed by atoms with Crippen LogP contribution in [0.25, 0.3) is 0 Å². The fraction of sp³-hybridized carbons (Fsp3) is 0.458. The Labute approximate surface area is 175 Å². The molecule has 0 aliphatic heterocycles. The van der Waals surface area contributed by atoms with E-state index >= 15 is 0 Å². The lowest BCUT2D eigenvalue weighted by atomic mass is 9.80. The summed E-state index contributed by atoms with van der Waals surface area (Å²) in [5, 5.41) is 0. The lowest BCUT2D eigenvalue weighted by Crippen LogP contribution is -2.20. The van der Waals surface area contributed by atoms with Crippen LogP contribution >= 0.6 is 0 Å². The highest BCUT2D eigenvalue weighted by Crippen LogP contribution is 2.32. The zero-order valence-electron chi connectivity index (χ0n) is 17.1. The van der Waals surface area contributed by atoms with Gasteiger partial charge < -0.3 is 9.47 Å². The maximum absolute atomic E-state index is 13.2. The molecule has 0 bridgehead atoms. The maximum Gasteiger partial charge on any atom is 0.343 e. The van der Waals surface area contributed by atoms with Gasteiger partial charge in [0.15, 0.2) is 17.5 Å². The van der Waals surface area contributed by atoms with E-state index in [2.05, 4.69) is 6.92 Å². The van der Waals surface area contributed by atoms with Crippen LogP contribution in [0, 0.1) is 29.3 Å². The van der Waals surface area contributed by atoms with Crippen molar-refractivity contribution in [1.82, 2.24) is 0 Å². The third-order valence-electron chi connectivity index (χ3n) is 5.68. The number of benzene rings is 2. The van der Waals surface area contributed by atoms with Gasteiger partial charge in [0.2, 0.25) is 0 Å². The number of hydrogen-bond donors (Lipinski definition) is 0. The second-order valence-electron chi connectivity index (χ2n) is 7.95. The molecule has 0 N–H and O–H groups in total. The van der Waals surface area contributed by atoms with Gasteiger partial charge >= 0.3 is 5.97 Å². The first-order valence-electron chi connectivity index (χ1n) is 10.6.